The molecule has 0 saturated heterocycles. The van der Waals surface area contributed by atoms with Crippen LogP contribution < -0.4 is 0 Å². The van der Waals surface area contributed by atoms with E-state index in [9.17, 15) is 25.2 Å². The molecule has 0 aliphatic carbocycles. The number of ether oxygens (including phenoxy) is 1. The van der Waals surface area contributed by atoms with Gasteiger partial charge in [-0.3, -0.25) is 0 Å². The van der Waals surface area contributed by atoms with Crippen molar-refractivity contribution < 1.29 is 35.1 Å². The molecule has 0 rings (SSSR count). The second-order valence-electron chi connectivity index (χ2n) is 10.3. The van der Waals surface area contributed by atoms with Crippen LogP contribution in [0, 0.1) is 17.8 Å². The second kappa shape index (κ2) is 18.4. The second-order valence-corrected chi connectivity index (χ2v) is 10.3. The van der Waals surface area contributed by atoms with Crippen molar-refractivity contribution in [1.82, 2.24) is 0 Å². The van der Waals surface area contributed by atoms with Crippen molar-refractivity contribution in [3.63, 3.8) is 0 Å². The molecule has 0 aromatic carbocycles. The first-order valence-electron chi connectivity index (χ1n) is 12.6. The fourth-order valence-corrected chi connectivity index (χ4v) is 3.85. The number of hydrogen-bond donors (Lipinski definition) is 5. The topological polar surface area (TPSA) is 127 Å². The normalized spacial score (nSPS) is 18.0. The Labute approximate surface area is 200 Å². The first-order chi connectivity index (χ1) is 15.5. The van der Waals surface area contributed by atoms with E-state index >= 15 is 0 Å². The standard InChI is InChI=1S/C26H50O7/c1-18(2)9-6-10-19(3)11-7-12-20(4)13-8-14-21(5)15-24(30)33-17-23(29)26(32)25(31)22(28)16-27/h15,18-20,22-23,25-29,31-32H,6-14,16-17H2,1-5H3/b21-15+/t19?,20?,22-,23-,25-,26-/m0/s1. The van der Waals surface area contributed by atoms with Crippen LogP contribution in [0.3, 0.4) is 0 Å². The molecule has 2 unspecified atom stereocenters. The molecule has 0 saturated carbocycles. The van der Waals surface area contributed by atoms with Crippen LogP contribution in [0.5, 0.6) is 0 Å². The molecule has 0 bridgehead atoms. The summed E-state index contributed by atoms with van der Waals surface area (Å²) in [5.41, 5.74) is 0.886. The molecule has 0 amide bonds. The molecule has 0 fully saturated rings. The lowest BCUT2D eigenvalue weighted by atomic mass is 9.91. The Hall–Kier alpha value is -0.990. The third-order valence-electron chi connectivity index (χ3n) is 6.23. The van der Waals surface area contributed by atoms with Crippen molar-refractivity contribution >= 4 is 5.97 Å². The molecule has 196 valence electrons. The van der Waals surface area contributed by atoms with Crippen LogP contribution in [0.25, 0.3) is 0 Å². The number of aliphatic hydroxyl groups excluding tert-OH is 5. The van der Waals surface area contributed by atoms with Gasteiger partial charge in [-0.1, -0.05) is 78.2 Å². The van der Waals surface area contributed by atoms with Gasteiger partial charge < -0.3 is 30.3 Å². The van der Waals surface area contributed by atoms with Gasteiger partial charge >= 0.3 is 5.97 Å². The average Bonchev–Trinajstić information content (AvgIpc) is 2.75. The Morgan fingerprint density at radius 2 is 1.27 bits per heavy atom. The van der Waals surface area contributed by atoms with E-state index in [-0.39, 0.29) is 0 Å². The molecule has 5 N–H and O–H groups in total. The molecule has 0 aliphatic rings. The summed E-state index contributed by atoms with van der Waals surface area (Å²) >= 11 is 0. The number of carbonyl (C=O) groups excluding carboxylic acids is 1. The van der Waals surface area contributed by atoms with Gasteiger partial charge in [0.15, 0.2) is 0 Å². The highest BCUT2D eigenvalue weighted by molar-refractivity contribution is 5.82. The van der Waals surface area contributed by atoms with Gasteiger partial charge in [-0.25, -0.2) is 4.79 Å². The number of aliphatic hydroxyl groups is 5. The van der Waals surface area contributed by atoms with E-state index in [1.165, 1.54) is 44.6 Å². The molecule has 0 radical (unpaired) electrons. The van der Waals surface area contributed by atoms with E-state index < -0.39 is 43.6 Å². The van der Waals surface area contributed by atoms with Crippen molar-refractivity contribution in [2.24, 2.45) is 17.8 Å². The maximum atomic E-state index is 11.9. The van der Waals surface area contributed by atoms with Crippen molar-refractivity contribution in [2.45, 2.75) is 117 Å². The van der Waals surface area contributed by atoms with Crippen LogP contribution in [-0.2, 0) is 9.53 Å². The third-order valence-corrected chi connectivity index (χ3v) is 6.23. The lowest BCUT2D eigenvalue weighted by Crippen LogP contribution is -2.47. The van der Waals surface area contributed by atoms with Crippen LogP contribution in [0.4, 0.5) is 0 Å². The van der Waals surface area contributed by atoms with Gasteiger partial charge in [-0.05, 0) is 37.5 Å². The van der Waals surface area contributed by atoms with Crippen molar-refractivity contribution in [1.29, 1.82) is 0 Å². The fraction of sp³-hybridized carbons (Fsp3) is 0.885. The minimum atomic E-state index is -1.74. The van der Waals surface area contributed by atoms with Crippen molar-refractivity contribution in [3.05, 3.63) is 11.6 Å². The summed E-state index contributed by atoms with van der Waals surface area (Å²) in [6.45, 7) is 9.78. The third kappa shape index (κ3) is 16.3. The van der Waals surface area contributed by atoms with E-state index in [4.69, 9.17) is 9.84 Å². The minimum absolute atomic E-state index is 0.522. The first-order valence-corrected chi connectivity index (χ1v) is 12.6. The Morgan fingerprint density at radius 1 is 0.788 bits per heavy atom. The summed E-state index contributed by atoms with van der Waals surface area (Å²) in [5, 5.41) is 47.1. The highest BCUT2D eigenvalue weighted by Gasteiger charge is 2.30. The lowest BCUT2D eigenvalue weighted by Gasteiger charge is -2.25. The molecule has 0 aliphatic heterocycles. The van der Waals surface area contributed by atoms with E-state index in [2.05, 4.69) is 27.7 Å². The smallest absolute Gasteiger partial charge is 0.330 e. The summed E-state index contributed by atoms with van der Waals surface area (Å²) in [7, 11) is 0. The predicted octanol–water partition coefficient (Wildman–Crippen LogP) is 3.35. The molecule has 0 heterocycles. The Morgan fingerprint density at radius 3 is 1.79 bits per heavy atom. The summed E-state index contributed by atoms with van der Waals surface area (Å²) < 4.78 is 4.92. The summed E-state index contributed by atoms with van der Waals surface area (Å²) in [4.78, 5) is 11.9. The van der Waals surface area contributed by atoms with Gasteiger partial charge in [0.2, 0.25) is 0 Å². The van der Waals surface area contributed by atoms with E-state index in [1.54, 1.807) is 0 Å². The van der Waals surface area contributed by atoms with Crippen LogP contribution in [0.1, 0.15) is 92.4 Å². The molecule has 0 spiro atoms. The van der Waals surface area contributed by atoms with Crippen LogP contribution in [-0.4, -0.2) is 69.1 Å². The zero-order valence-electron chi connectivity index (χ0n) is 21.4. The Balaban J connectivity index is 4.05. The van der Waals surface area contributed by atoms with Gasteiger partial charge in [-0.15, -0.1) is 0 Å². The molecule has 7 nitrogen and oxygen atoms in total. The monoisotopic (exact) mass is 474 g/mol. The zero-order chi connectivity index (χ0) is 25.4. The van der Waals surface area contributed by atoms with Crippen molar-refractivity contribution in [2.75, 3.05) is 13.2 Å². The number of hydrogen-bond acceptors (Lipinski definition) is 7. The highest BCUT2D eigenvalue weighted by atomic mass is 16.5. The van der Waals surface area contributed by atoms with E-state index in [1.807, 2.05) is 6.92 Å². The van der Waals surface area contributed by atoms with Crippen LogP contribution in [0.2, 0.25) is 0 Å². The quantitative estimate of drug-likeness (QED) is 0.143. The zero-order valence-corrected chi connectivity index (χ0v) is 21.4. The molecule has 0 aromatic rings. The van der Waals surface area contributed by atoms with Crippen LogP contribution in [0.15, 0.2) is 11.6 Å². The van der Waals surface area contributed by atoms with E-state index in [0.29, 0.717) is 5.92 Å². The maximum Gasteiger partial charge on any atom is 0.330 e. The summed E-state index contributed by atoms with van der Waals surface area (Å²) in [6.07, 6.45) is 5.40. The highest BCUT2D eigenvalue weighted by Crippen LogP contribution is 2.22. The van der Waals surface area contributed by atoms with E-state index in [0.717, 1.165) is 36.7 Å². The fourth-order valence-electron chi connectivity index (χ4n) is 3.85. The summed E-state index contributed by atoms with van der Waals surface area (Å²) in [6, 6.07) is 0. The van der Waals surface area contributed by atoms with Gasteiger partial charge in [0.25, 0.3) is 0 Å². The molecular weight excluding hydrogens is 424 g/mol. The SMILES string of the molecule is C/C(=C\C(=O)OC[C@H](O)[C@H](O)[C@@H](O)[C@@H](O)CO)CCCC(C)CCCC(C)CCCC(C)C. The maximum absolute atomic E-state index is 11.9. The van der Waals surface area contributed by atoms with Gasteiger partial charge in [0, 0.05) is 6.08 Å². The average molecular weight is 475 g/mol. The molecular formula is C26H50O7. The number of esters is 1. The number of allylic oxidation sites excluding steroid dienone is 1. The minimum Gasteiger partial charge on any atom is -0.460 e. The van der Waals surface area contributed by atoms with Crippen molar-refractivity contribution in [3.8, 4) is 0 Å². The van der Waals surface area contributed by atoms with Gasteiger partial charge in [0.05, 0.1) is 6.61 Å². The Bertz CT molecular complexity index is 535. The molecule has 33 heavy (non-hydrogen) atoms. The molecule has 6 atom stereocenters. The first kappa shape index (κ1) is 32.0. The predicted molar refractivity (Wildman–Crippen MR) is 131 cm³/mol. The van der Waals surface area contributed by atoms with Gasteiger partial charge in [0.1, 0.15) is 31.0 Å². The Kier molecular flexibility index (Phi) is 17.8. The number of carbonyl (C=O) groups is 1. The largest absolute Gasteiger partial charge is 0.460 e. The number of rotatable bonds is 19. The molecule has 0 aromatic heterocycles. The van der Waals surface area contributed by atoms with Crippen LogP contribution >= 0.6 is 0 Å². The van der Waals surface area contributed by atoms with Gasteiger partial charge in [-0.2, -0.15) is 0 Å². The lowest BCUT2D eigenvalue weighted by molar-refractivity contribution is -0.151. The summed E-state index contributed by atoms with van der Waals surface area (Å²) in [5.74, 6) is 1.62. The molecule has 7 heteroatoms.